The molecule has 2 bridgehead atoms. The third kappa shape index (κ3) is 6.80. The van der Waals surface area contributed by atoms with E-state index in [0.29, 0.717) is 34.9 Å². The summed E-state index contributed by atoms with van der Waals surface area (Å²) in [6, 6.07) is 90.7. The summed E-state index contributed by atoms with van der Waals surface area (Å²) in [6.45, 7) is 0. The van der Waals surface area contributed by atoms with Gasteiger partial charge in [0.25, 0.3) is 0 Å². The number of hydrogen-bond donors (Lipinski definition) is 0. The van der Waals surface area contributed by atoms with E-state index in [2.05, 4.69) is 200 Å². The lowest BCUT2D eigenvalue weighted by molar-refractivity contribution is 0.754. The third-order valence-corrected chi connectivity index (χ3v) is 15.6. The van der Waals surface area contributed by atoms with Gasteiger partial charge in [-0.25, -0.2) is 29.9 Å². The van der Waals surface area contributed by atoms with E-state index in [-0.39, 0.29) is 11.8 Å². The maximum absolute atomic E-state index is 5.43. The van der Waals surface area contributed by atoms with Gasteiger partial charge in [-0.2, -0.15) is 0 Å². The molecule has 0 aliphatic heterocycles. The third-order valence-electron chi connectivity index (χ3n) is 15.6. The van der Waals surface area contributed by atoms with Crippen LogP contribution in [0.4, 0.5) is 0 Å². The number of aromatic nitrogens is 6. The highest BCUT2D eigenvalue weighted by molar-refractivity contribution is 5.88. The molecule has 2 aromatic heterocycles. The van der Waals surface area contributed by atoms with Crippen molar-refractivity contribution in [1.29, 1.82) is 0 Å². The van der Waals surface area contributed by atoms with Crippen molar-refractivity contribution < 1.29 is 0 Å². The molecule has 0 N–H and O–H groups in total. The summed E-state index contributed by atoms with van der Waals surface area (Å²) in [7, 11) is 0. The molecule has 0 amide bonds. The summed E-state index contributed by atoms with van der Waals surface area (Å²) in [5.41, 5.74) is 20.2. The summed E-state index contributed by atoms with van der Waals surface area (Å²) in [4.78, 5) is 31.2. The lowest BCUT2D eigenvalue weighted by Crippen LogP contribution is -2.28. The number of nitrogens with zero attached hydrogens (tertiary/aromatic N) is 6. The predicted octanol–water partition coefficient (Wildman–Crippen LogP) is 15.4. The van der Waals surface area contributed by atoms with Crippen LogP contribution in [-0.2, 0) is 5.41 Å². The average molecular weight is 957 g/mol. The van der Waals surface area contributed by atoms with E-state index in [0.717, 1.165) is 33.4 Å². The van der Waals surface area contributed by atoms with Gasteiger partial charge in [0.05, 0.1) is 5.41 Å². The van der Waals surface area contributed by atoms with Crippen LogP contribution in [0.1, 0.15) is 67.5 Å². The number of benzene rings is 10. The maximum Gasteiger partial charge on any atom is 0.164 e. The van der Waals surface area contributed by atoms with E-state index < -0.39 is 5.41 Å². The first-order valence-corrected chi connectivity index (χ1v) is 25.6. The Labute approximate surface area is 434 Å². The van der Waals surface area contributed by atoms with Crippen LogP contribution >= 0.6 is 0 Å². The number of rotatable bonds is 8. The van der Waals surface area contributed by atoms with Crippen LogP contribution in [0.25, 0.3) is 79.5 Å². The van der Waals surface area contributed by atoms with Gasteiger partial charge in [-0.05, 0) is 85.0 Å². The zero-order chi connectivity index (χ0) is 49.5. The molecule has 0 spiro atoms. The highest BCUT2D eigenvalue weighted by Gasteiger charge is 2.46. The first kappa shape index (κ1) is 42.9. The molecule has 75 heavy (non-hydrogen) atoms. The molecule has 2 atom stereocenters. The summed E-state index contributed by atoms with van der Waals surface area (Å²) in [5, 5.41) is 0. The Morgan fingerprint density at radius 3 is 0.987 bits per heavy atom. The van der Waals surface area contributed by atoms with Crippen LogP contribution in [0, 0.1) is 0 Å². The van der Waals surface area contributed by atoms with Gasteiger partial charge in [0, 0.05) is 45.2 Å². The van der Waals surface area contributed by atoms with Gasteiger partial charge < -0.3 is 0 Å². The standard InChI is InChI=1S/C69H44N6/c1-6-20-43(21-7-1)63-70-64(44-22-8-2-9-23-44)72-66(71-63)46-35-38-55-57(40-46)61-53-31-16-17-32-54(53)62(55)58-41-47(36-39-56(58)61)67-73-65(45-24-10-3-11-25-45)74-68(75-67)48-34-37-52-51-30-18-19-33-59(51)69(60(52)42-48,49-26-12-4-13-27-49)50-28-14-5-15-29-50/h1-42,61-62H. The monoisotopic (exact) mass is 956 g/mol. The van der Waals surface area contributed by atoms with Crippen molar-refractivity contribution in [2.75, 3.05) is 0 Å². The van der Waals surface area contributed by atoms with Gasteiger partial charge in [0.15, 0.2) is 34.9 Å². The molecule has 0 radical (unpaired) electrons. The van der Waals surface area contributed by atoms with Crippen molar-refractivity contribution in [3.05, 3.63) is 310 Å². The molecule has 4 aliphatic carbocycles. The zero-order valence-electron chi connectivity index (χ0n) is 40.6. The molecule has 2 heterocycles. The lowest BCUT2D eigenvalue weighted by Gasteiger charge is -2.42. The summed E-state index contributed by atoms with van der Waals surface area (Å²) >= 11 is 0. The molecule has 350 valence electrons. The molecule has 4 aliphatic rings. The van der Waals surface area contributed by atoms with Crippen LogP contribution in [0.3, 0.4) is 0 Å². The molecular weight excluding hydrogens is 913 g/mol. The van der Waals surface area contributed by atoms with E-state index in [1.807, 2.05) is 54.6 Å². The molecule has 0 fully saturated rings. The van der Waals surface area contributed by atoms with Gasteiger partial charge >= 0.3 is 0 Å². The van der Waals surface area contributed by atoms with Gasteiger partial charge in [0.2, 0.25) is 0 Å². The minimum absolute atomic E-state index is 0.000610. The van der Waals surface area contributed by atoms with Crippen LogP contribution in [0.15, 0.2) is 255 Å². The highest BCUT2D eigenvalue weighted by Crippen LogP contribution is 2.58. The van der Waals surface area contributed by atoms with E-state index in [9.17, 15) is 0 Å². The van der Waals surface area contributed by atoms with Gasteiger partial charge in [-0.3, -0.25) is 0 Å². The van der Waals surface area contributed by atoms with E-state index >= 15 is 0 Å². The average Bonchev–Trinajstić information content (AvgIpc) is 3.80. The van der Waals surface area contributed by atoms with Crippen molar-refractivity contribution >= 4 is 0 Å². The fraction of sp³-hybridized carbons (Fsp3) is 0.0435. The van der Waals surface area contributed by atoms with Crippen molar-refractivity contribution in [2.45, 2.75) is 17.3 Å². The Bertz CT molecular complexity index is 4080. The fourth-order valence-corrected chi connectivity index (χ4v) is 12.4. The van der Waals surface area contributed by atoms with Crippen LogP contribution < -0.4 is 0 Å². The van der Waals surface area contributed by atoms with Crippen LogP contribution in [-0.4, -0.2) is 29.9 Å². The van der Waals surface area contributed by atoms with Crippen LogP contribution in [0.2, 0.25) is 0 Å². The zero-order valence-corrected chi connectivity index (χ0v) is 40.6. The maximum atomic E-state index is 5.43. The SMILES string of the molecule is c1ccc(-c2nc(-c3ccccc3)nc(-c3ccc4c(c3)C3c5ccccc5C4c4cc(-c5nc(-c6ccccc6)nc(-c6ccc7c(c6)C(c6ccccc6)(c6ccccc6)c6ccccc6-7)n5)ccc43)n2)cc1. The number of hydrogen-bond acceptors (Lipinski definition) is 6. The Morgan fingerprint density at radius 1 is 0.227 bits per heavy atom. The topological polar surface area (TPSA) is 77.3 Å². The number of fused-ring (bicyclic) bond motifs is 3. The van der Waals surface area contributed by atoms with Crippen molar-refractivity contribution in [2.24, 2.45) is 0 Å². The highest BCUT2D eigenvalue weighted by atomic mass is 15.0. The Morgan fingerprint density at radius 2 is 0.547 bits per heavy atom. The first-order valence-electron chi connectivity index (χ1n) is 25.6. The molecule has 6 heteroatoms. The second kappa shape index (κ2) is 17.2. The van der Waals surface area contributed by atoms with E-state index in [1.165, 1.54) is 66.8 Å². The lowest BCUT2D eigenvalue weighted by atomic mass is 9.61. The minimum Gasteiger partial charge on any atom is -0.208 e. The normalized spacial score (nSPS) is 15.0. The summed E-state index contributed by atoms with van der Waals surface area (Å²) < 4.78 is 0. The van der Waals surface area contributed by atoms with Gasteiger partial charge in [-0.15, -0.1) is 0 Å². The van der Waals surface area contributed by atoms with Crippen LogP contribution in [0.5, 0.6) is 0 Å². The summed E-state index contributed by atoms with van der Waals surface area (Å²) in [6.07, 6.45) is 0. The quantitative estimate of drug-likeness (QED) is 0.151. The van der Waals surface area contributed by atoms with Crippen molar-refractivity contribution in [3.63, 3.8) is 0 Å². The summed E-state index contributed by atoms with van der Waals surface area (Å²) in [5.74, 6) is 3.83. The Balaban J connectivity index is 0.870. The van der Waals surface area contributed by atoms with Gasteiger partial charge in [0.1, 0.15) is 0 Å². The smallest absolute Gasteiger partial charge is 0.164 e. The molecule has 10 aromatic carbocycles. The predicted molar refractivity (Wildman–Crippen MR) is 298 cm³/mol. The Kier molecular flexibility index (Phi) is 9.82. The Hall–Kier alpha value is -9.78. The molecule has 6 nitrogen and oxygen atoms in total. The fourth-order valence-electron chi connectivity index (χ4n) is 12.4. The van der Waals surface area contributed by atoms with E-state index in [4.69, 9.17) is 29.9 Å². The largest absolute Gasteiger partial charge is 0.208 e. The molecule has 0 saturated heterocycles. The van der Waals surface area contributed by atoms with Gasteiger partial charge in [-0.1, -0.05) is 237 Å². The second-order valence-corrected chi connectivity index (χ2v) is 19.7. The molecule has 16 rings (SSSR count). The molecule has 12 aromatic rings. The first-order chi connectivity index (χ1) is 37.2. The van der Waals surface area contributed by atoms with Crippen molar-refractivity contribution in [1.82, 2.24) is 29.9 Å². The second-order valence-electron chi connectivity index (χ2n) is 19.7. The molecular formula is C69H44N6. The minimum atomic E-state index is -0.560. The van der Waals surface area contributed by atoms with Crippen molar-refractivity contribution in [3.8, 4) is 79.5 Å². The molecule has 2 unspecified atom stereocenters. The molecule has 0 saturated carbocycles. The van der Waals surface area contributed by atoms with E-state index in [1.54, 1.807) is 0 Å².